The highest BCUT2D eigenvalue weighted by Crippen LogP contribution is 2.26. The molecule has 0 bridgehead atoms. The first-order valence-corrected chi connectivity index (χ1v) is 7.43. The van der Waals surface area contributed by atoms with Gasteiger partial charge in [0.05, 0.1) is 16.3 Å². The Morgan fingerprint density at radius 3 is 3.00 bits per heavy atom. The molecule has 0 aliphatic heterocycles. The van der Waals surface area contributed by atoms with Crippen LogP contribution in [-0.2, 0) is 12.2 Å². The van der Waals surface area contributed by atoms with Crippen LogP contribution in [0.2, 0.25) is 5.02 Å². The SMILES string of the molecule is CCCc1nc(CSc2ccc(Cl)c(C(=O)O)c2)no1. The lowest BCUT2D eigenvalue weighted by molar-refractivity contribution is 0.0697. The molecule has 0 aliphatic rings. The zero-order chi connectivity index (χ0) is 14.5. The Balaban J connectivity index is 2.03. The van der Waals surface area contributed by atoms with Gasteiger partial charge in [0.1, 0.15) is 0 Å². The molecule has 0 saturated carbocycles. The van der Waals surface area contributed by atoms with Crippen LogP contribution >= 0.6 is 23.4 Å². The second-order valence-electron chi connectivity index (χ2n) is 4.09. The van der Waals surface area contributed by atoms with E-state index in [-0.39, 0.29) is 10.6 Å². The van der Waals surface area contributed by atoms with Crippen LogP contribution in [0, 0.1) is 0 Å². The highest BCUT2D eigenvalue weighted by atomic mass is 35.5. The first kappa shape index (κ1) is 14.9. The monoisotopic (exact) mass is 312 g/mol. The predicted octanol–water partition coefficient (Wildman–Crippen LogP) is 3.67. The molecule has 1 N–H and O–H groups in total. The van der Waals surface area contributed by atoms with Crippen LogP contribution in [-0.4, -0.2) is 21.2 Å². The number of hydrogen-bond donors (Lipinski definition) is 1. The molecule has 5 nitrogen and oxygen atoms in total. The number of thioether (sulfide) groups is 1. The molecule has 0 amide bonds. The van der Waals surface area contributed by atoms with Crippen molar-refractivity contribution in [3.05, 3.63) is 40.5 Å². The number of halogens is 1. The minimum Gasteiger partial charge on any atom is -0.478 e. The standard InChI is InChI=1S/C13H13ClN2O3S/c1-2-3-12-15-11(16-19-12)7-20-8-4-5-10(14)9(6-8)13(17)18/h4-6H,2-3,7H2,1H3,(H,17,18). The van der Waals surface area contributed by atoms with Crippen molar-refractivity contribution in [2.24, 2.45) is 0 Å². The summed E-state index contributed by atoms with van der Waals surface area (Å²) in [5.41, 5.74) is 0.0939. The summed E-state index contributed by atoms with van der Waals surface area (Å²) in [5.74, 6) is 0.714. The molecule has 0 unspecified atom stereocenters. The molecule has 0 aliphatic carbocycles. The normalized spacial score (nSPS) is 10.7. The van der Waals surface area contributed by atoms with Gasteiger partial charge in [-0.3, -0.25) is 0 Å². The predicted molar refractivity (Wildman–Crippen MR) is 76.3 cm³/mol. The van der Waals surface area contributed by atoms with Crippen molar-refractivity contribution in [3.8, 4) is 0 Å². The van der Waals surface area contributed by atoms with Gasteiger partial charge >= 0.3 is 5.97 Å². The van der Waals surface area contributed by atoms with Crippen molar-refractivity contribution in [2.45, 2.75) is 30.4 Å². The molecule has 20 heavy (non-hydrogen) atoms. The molecule has 0 atom stereocenters. The van der Waals surface area contributed by atoms with Gasteiger partial charge in [-0.15, -0.1) is 11.8 Å². The van der Waals surface area contributed by atoms with Crippen LogP contribution < -0.4 is 0 Å². The first-order chi connectivity index (χ1) is 9.60. The quantitative estimate of drug-likeness (QED) is 0.820. The molecule has 0 fully saturated rings. The molecule has 2 rings (SSSR count). The molecule has 7 heteroatoms. The van der Waals surface area contributed by atoms with E-state index in [4.69, 9.17) is 21.2 Å². The number of aromatic carboxylic acids is 1. The number of rotatable bonds is 6. The van der Waals surface area contributed by atoms with Gasteiger partial charge in [0.15, 0.2) is 5.82 Å². The van der Waals surface area contributed by atoms with E-state index in [1.54, 1.807) is 18.2 Å². The maximum Gasteiger partial charge on any atom is 0.337 e. The Morgan fingerprint density at radius 2 is 2.30 bits per heavy atom. The molecule has 106 valence electrons. The zero-order valence-electron chi connectivity index (χ0n) is 10.8. The second kappa shape index (κ2) is 6.76. The molecule has 0 radical (unpaired) electrons. The molecule has 1 heterocycles. The summed E-state index contributed by atoms with van der Waals surface area (Å²) in [5, 5.41) is 13.1. The van der Waals surface area contributed by atoms with Crippen LogP contribution in [0.25, 0.3) is 0 Å². The first-order valence-electron chi connectivity index (χ1n) is 6.07. The molecular weight excluding hydrogens is 300 g/mol. The van der Waals surface area contributed by atoms with E-state index in [0.29, 0.717) is 17.5 Å². The molecule has 2 aromatic rings. The number of aryl methyl sites for hydroxylation is 1. The summed E-state index contributed by atoms with van der Waals surface area (Å²) in [6.07, 6.45) is 1.72. The number of carbonyl (C=O) groups is 1. The lowest BCUT2D eigenvalue weighted by Gasteiger charge is -2.02. The van der Waals surface area contributed by atoms with Gasteiger partial charge < -0.3 is 9.63 Å². The number of hydrogen-bond acceptors (Lipinski definition) is 5. The summed E-state index contributed by atoms with van der Waals surface area (Å²) in [6.45, 7) is 2.04. The van der Waals surface area contributed by atoms with Crippen molar-refractivity contribution >= 4 is 29.3 Å². The minimum atomic E-state index is -1.04. The van der Waals surface area contributed by atoms with Gasteiger partial charge in [0.25, 0.3) is 0 Å². The van der Waals surface area contributed by atoms with Crippen molar-refractivity contribution in [1.82, 2.24) is 10.1 Å². The van der Waals surface area contributed by atoms with Crippen LogP contribution in [0.5, 0.6) is 0 Å². The van der Waals surface area contributed by atoms with Gasteiger partial charge in [-0.2, -0.15) is 4.98 Å². The van der Waals surface area contributed by atoms with Crippen LogP contribution in [0.1, 0.15) is 35.4 Å². The van der Waals surface area contributed by atoms with E-state index < -0.39 is 5.97 Å². The van der Waals surface area contributed by atoms with Crippen LogP contribution in [0.3, 0.4) is 0 Å². The molecule has 1 aromatic heterocycles. The fourth-order valence-electron chi connectivity index (χ4n) is 1.57. The molecule has 0 spiro atoms. The molecule has 0 saturated heterocycles. The van der Waals surface area contributed by atoms with E-state index in [0.717, 1.165) is 17.7 Å². The maximum absolute atomic E-state index is 11.0. The average Bonchev–Trinajstić information content (AvgIpc) is 2.86. The third kappa shape index (κ3) is 3.74. The van der Waals surface area contributed by atoms with E-state index in [1.165, 1.54) is 11.8 Å². The van der Waals surface area contributed by atoms with E-state index >= 15 is 0 Å². The van der Waals surface area contributed by atoms with Crippen molar-refractivity contribution in [2.75, 3.05) is 0 Å². The summed E-state index contributed by atoms with van der Waals surface area (Å²) < 4.78 is 5.08. The Labute approximate surface area is 125 Å². The topological polar surface area (TPSA) is 76.2 Å². The van der Waals surface area contributed by atoms with E-state index in [2.05, 4.69) is 10.1 Å². The number of carboxylic acids is 1. The van der Waals surface area contributed by atoms with Gasteiger partial charge in [-0.1, -0.05) is 23.7 Å². The number of nitrogens with zero attached hydrogens (tertiary/aromatic N) is 2. The van der Waals surface area contributed by atoms with Crippen molar-refractivity contribution < 1.29 is 14.4 Å². The summed E-state index contributed by atoms with van der Waals surface area (Å²) in [7, 11) is 0. The second-order valence-corrected chi connectivity index (χ2v) is 5.55. The summed E-state index contributed by atoms with van der Waals surface area (Å²) in [6, 6.07) is 4.89. The Bertz CT molecular complexity index is 615. The number of carboxylic acid groups (broad SMARTS) is 1. The van der Waals surface area contributed by atoms with Crippen LogP contribution in [0.4, 0.5) is 0 Å². The third-order valence-electron chi connectivity index (χ3n) is 2.51. The molecule has 1 aromatic carbocycles. The maximum atomic E-state index is 11.0. The van der Waals surface area contributed by atoms with Gasteiger partial charge in [-0.25, -0.2) is 4.79 Å². The minimum absolute atomic E-state index is 0.0939. The number of aromatic nitrogens is 2. The fourth-order valence-corrected chi connectivity index (χ4v) is 2.55. The number of benzene rings is 1. The van der Waals surface area contributed by atoms with Crippen LogP contribution in [0.15, 0.2) is 27.6 Å². The lowest BCUT2D eigenvalue weighted by atomic mass is 10.2. The van der Waals surface area contributed by atoms with Gasteiger partial charge in [-0.05, 0) is 24.6 Å². The van der Waals surface area contributed by atoms with Gasteiger partial charge in [0, 0.05) is 11.3 Å². The van der Waals surface area contributed by atoms with E-state index in [1.807, 2.05) is 6.92 Å². The van der Waals surface area contributed by atoms with Crippen molar-refractivity contribution in [1.29, 1.82) is 0 Å². The fraction of sp³-hybridized carbons (Fsp3) is 0.308. The highest BCUT2D eigenvalue weighted by molar-refractivity contribution is 7.98. The third-order valence-corrected chi connectivity index (χ3v) is 3.83. The molecular formula is C13H13ClN2O3S. The Morgan fingerprint density at radius 1 is 1.50 bits per heavy atom. The Hall–Kier alpha value is -1.53. The van der Waals surface area contributed by atoms with Gasteiger partial charge in [0.2, 0.25) is 5.89 Å². The smallest absolute Gasteiger partial charge is 0.337 e. The average molecular weight is 313 g/mol. The lowest BCUT2D eigenvalue weighted by Crippen LogP contribution is -1.97. The highest BCUT2D eigenvalue weighted by Gasteiger charge is 2.11. The largest absolute Gasteiger partial charge is 0.478 e. The Kier molecular flexibility index (Phi) is 5.03. The summed E-state index contributed by atoms with van der Waals surface area (Å²) in [4.78, 5) is 16.0. The summed E-state index contributed by atoms with van der Waals surface area (Å²) >= 11 is 7.25. The zero-order valence-corrected chi connectivity index (χ0v) is 12.4. The van der Waals surface area contributed by atoms with E-state index in [9.17, 15) is 4.79 Å². The van der Waals surface area contributed by atoms with Crippen molar-refractivity contribution in [3.63, 3.8) is 0 Å².